The highest BCUT2D eigenvalue weighted by atomic mass is 16.5. The smallest absolute Gasteiger partial charge is 0.203 e. The second kappa shape index (κ2) is 26.9. The summed E-state index contributed by atoms with van der Waals surface area (Å²) in [5, 5.41) is 0. The van der Waals surface area contributed by atoms with Crippen LogP contribution in [0, 0.1) is 0 Å². The van der Waals surface area contributed by atoms with Gasteiger partial charge in [-0.3, -0.25) is 4.90 Å². The normalized spacial score (nSPS) is 11.1. The van der Waals surface area contributed by atoms with Gasteiger partial charge in [-0.15, -0.1) is 13.2 Å². The number of unbranched alkanes of at least 4 members (excludes halogenated alkanes) is 15. The third-order valence-electron chi connectivity index (χ3n) is 7.52. The zero-order valence-electron chi connectivity index (χ0n) is 27.4. The van der Waals surface area contributed by atoms with Crippen LogP contribution in [0.3, 0.4) is 0 Å². The summed E-state index contributed by atoms with van der Waals surface area (Å²) in [7, 11) is 0. The van der Waals surface area contributed by atoms with Crippen molar-refractivity contribution in [3.05, 3.63) is 43.0 Å². The number of ether oxygens (including phenoxy) is 3. The molecule has 0 N–H and O–H groups in total. The monoisotopic (exact) mass is 571 g/mol. The summed E-state index contributed by atoms with van der Waals surface area (Å²) in [5.41, 5.74) is 1.18. The fourth-order valence-corrected chi connectivity index (χ4v) is 5.09. The van der Waals surface area contributed by atoms with Crippen LogP contribution in [0.1, 0.15) is 142 Å². The third-order valence-corrected chi connectivity index (χ3v) is 7.52. The van der Waals surface area contributed by atoms with E-state index in [1.165, 1.54) is 102 Å². The van der Waals surface area contributed by atoms with Crippen LogP contribution in [0.2, 0.25) is 0 Å². The molecule has 0 bridgehead atoms. The highest BCUT2D eigenvalue weighted by molar-refractivity contribution is 5.54. The maximum absolute atomic E-state index is 6.45. The van der Waals surface area contributed by atoms with E-state index >= 15 is 0 Å². The lowest BCUT2D eigenvalue weighted by Crippen LogP contribution is -2.23. The van der Waals surface area contributed by atoms with Crippen molar-refractivity contribution in [3.63, 3.8) is 0 Å². The van der Waals surface area contributed by atoms with E-state index < -0.39 is 0 Å². The molecule has 0 atom stereocenters. The van der Waals surface area contributed by atoms with Crippen LogP contribution in [-0.2, 0) is 6.54 Å². The Hall–Kier alpha value is -1.94. The molecular weight excluding hydrogens is 506 g/mol. The fraction of sp³-hybridized carbons (Fsp3) is 0.730. The minimum Gasteiger partial charge on any atom is -0.490 e. The first-order valence-electron chi connectivity index (χ1n) is 17.2. The summed E-state index contributed by atoms with van der Waals surface area (Å²) in [5.74, 6) is 2.45. The second-order valence-electron chi connectivity index (χ2n) is 11.5. The van der Waals surface area contributed by atoms with E-state index in [-0.39, 0.29) is 0 Å². The topological polar surface area (TPSA) is 30.9 Å². The van der Waals surface area contributed by atoms with Crippen LogP contribution in [-0.4, -0.2) is 37.8 Å². The van der Waals surface area contributed by atoms with Crippen molar-refractivity contribution in [2.45, 2.75) is 143 Å². The molecule has 0 aromatic heterocycles. The third kappa shape index (κ3) is 19.0. The van der Waals surface area contributed by atoms with Crippen molar-refractivity contribution in [2.75, 3.05) is 32.9 Å². The lowest BCUT2D eigenvalue weighted by molar-refractivity contribution is 0.233. The lowest BCUT2D eigenvalue weighted by Gasteiger charge is -2.22. The van der Waals surface area contributed by atoms with Gasteiger partial charge in [0.2, 0.25) is 5.75 Å². The van der Waals surface area contributed by atoms with Crippen LogP contribution in [0.15, 0.2) is 37.4 Å². The molecule has 0 spiro atoms. The van der Waals surface area contributed by atoms with E-state index in [1.807, 2.05) is 12.2 Å². The maximum atomic E-state index is 6.45. The minimum atomic E-state index is 0.700. The Balaban J connectivity index is 3.02. The molecule has 0 fully saturated rings. The molecule has 1 rings (SSSR count). The predicted octanol–water partition coefficient (Wildman–Crippen LogP) is 11.1. The van der Waals surface area contributed by atoms with Crippen LogP contribution in [0.25, 0.3) is 0 Å². The van der Waals surface area contributed by atoms with E-state index in [4.69, 9.17) is 14.2 Å². The summed E-state index contributed by atoms with van der Waals surface area (Å²) in [6.07, 6.45) is 26.3. The van der Waals surface area contributed by atoms with Crippen LogP contribution < -0.4 is 14.2 Å². The quantitative estimate of drug-likeness (QED) is 0.0679. The van der Waals surface area contributed by atoms with Gasteiger partial charge in [0.1, 0.15) is 0 Å². The molecule has 1 aromatic carbocycles. The molecule has 0 aliphatic heterocycles. The standard InChI is InChI=1S/C37H65NO3/c1-6-11-14-17-20-23-28-39-35-31-34(33-38(26-9-4)27-10-5)32-36(40-29-24-21-18-15-12-7-2)37(35)41-30-25-22-19-16-13-8-3/h9-10,31-32H,4-8,11-30,33H2,1-3H3. The molecule has 0 radical (unpaired) electrons. The molecule has 236 valence electrons. The van der Waals surface area contributed by atoms with Gasteiger partial charge >= 0.3 is 0 Å². The van der Waals surface area contributed by atoms with Gasteiger partial charge in [0.05, 0.1) is 19.8 Å². The Morgan fingerprint density at radius 1 is 0.537 bits per heavy atom. The molecule has 0 amide bonds. The molecule has 0 saturated carbocycles. The zero-order valence-corrected chi connectivity index (χ0v) is 27.4. The summed E-state index contributed by atoms with van der Waals surface area (Å²) in [6.45, 7) is 19.2. The fourth-order valence-electron chi connectivity index (χ4n) is 5.09. The maximum Gasteiger partial charge on any atom is 0.203 e. The van der Waals surface area contributed by atoms with Gasteiger partial charge in [0.15, 0.2) is 11.5 Å². The van der Waals surface area contributed by atoms with Gasteiger partial charge in [-0.1, -0.05) is 129 Å². The van der Waals surface area contributed by atoms with Crippen molar-refractivity contribution in [1.82, 2.24) is 4.90 Å². The first-order chi connectivity index (χ1) is 20.2. The number of nitrogens with zero attached hydrogens (tertiary/aromatic N) is 1. The minimum absolute atomic E-state index is 0.700. The Morgan fingerprint density at radius 3 is 1.29 bits per heavy atom. The highest BCUT2D eigenvalue weighted by Gasteiger charge is 2.17. The van der Waals surface area contributed by atoms with Gasteiger partial charge in [-0.05, 0) is 37.0 Å². The van der Waals surface area contributed by atoms with E-state index in [0.29, 0.717) is 19.8 Å². The molecule has 1 aromatic rings. The zero-order chi connectivity index (χ0) is 29.8. The molecular formula is C37H65NO3. The van der Waals surface area contributed by atoms with Crippen LogP contribution >= 0.6 is 0 Å². The molecule has 4 nitrogen and oxygen atoms in total. The number of hydrogen-bond donors (Lipinski definition) is 0. The Labute approximate surface area is 254 Å². The van der Waals surface area contributed by atoms with E-state index in [0.717, 1.165) is 56.1 Å². The molecule has 0 heterocycles. The molecule has 0 aliphatic rings. The second-order valence-corrected chi connectivity index (χ2v) is 11.5. The Morgan fingerprint density at radius 2 is 0.902 bits per heavy atom. The summed E-state index contributed by atoms with van der Waals surface area (Å²) < 4.78 is 19.3. The van der Waals surface area contributed by atoms with E-state index in [2.05, 4.69) is 51.0 Å². The number of benzene rings is 1. The SMILES string of the molecule is C=CCN(CC=C)Cc1cc(OCCCCCCCC)c(OCCCCCCCC)c(OCCCCCCCC)c1. The van der Waals surface area contributed by atoms with Crippen LogP contribution in [0.5, 0.6) is 17.2 Å². The first kappa shape index (κ1) is 37.1. The Bertz CT molecular complexity index is 714. The van der Waals surface area contributed by atoms with Gasteiger partial charge in [0, 0.05) is 19.6 Å². The average molecular weight is 572 g/mol. The lowest BCUT2D eigenvalue weighted by atomic mass is 10.1. The summed E-state index contributed by atoms with van der Waals surface area (Å²) in [6, 6.07) is 4.34. The average Bonchev–Trinajstić information content (AvgIpc) is 2.97. The van der Waals surface area contributed by atoms with Crippen molar-refractivity contribution in [2.24, 2.45) is 0 Å². The van der Waals surface area contributed by atoms with Gasteiger partial charge in [0.25, 0.3) is 0 Å². The summed E-state index contributed by atoms with van der Waals surface area (Å²) in [4.78, 5) is 2.32. The van der Waals surface area contributed by atoms with E-state index in [9.17, 15) is 0 Å². The molecule has 0 aliphatic carbocycles. The first-order valence-corrected chi connectivity index (χ1v) is 17.2. The van der Waals surface area contributed by atoms with Gasteiger partial charge in [-0.2, -0.15) is 0 Å². The summed E-state index contributed by atoms with van der Waals surface area (Å²) >= 11 is 0. The van der Waals surface area contributed by atoms with Crippen molar-refractivity contribution < 1.29 is 14.2 Å². The molecule has 0 unspecified atom stereocenters. The Kier molecular flexibility index (Phi) is 24.4. The van der Waals surface area contributed by atoms with Crippen molar-refractivity contribution in [3.8, 4) is 17.2 Å². The van der Waals surface area contributed by atoms with Gasteiger partial charge in [-0.25, -0.2) is 0 Å². The molecule has 41 heavy (non-hydrogen) atoms. The van der Waals surface area contributed by atoms with E-state index in [1.54, 1.807) is 0 Å². The molecule has 0 saturated heterocycles. The van der Waals surface area contributed by atoms with Crippen molar-refractivity contribution in [1.29, 1.82) is 0 Å². The largest absolute Gasteiger partial charge is 0.490 e. The molecule has 4 heteroatoms. The number of hydrogen-bond acceptors (Lipinski definition) is 4. The van der Waals surface area contributed by atoms with Crippen LogP contribution in [0.4, 0.5) is 0 Å². The van der Waals surface area contributed by atoms with Gasteiger partial charge < -0.3 is 14.2 Å². The number of rotatable bonds is 30. The highest BCUT2D eigenvalue weighted by Crippen LogP contribution is 2.40. The van der Waals surface area contributed by atoms with Crippen molar-refractivity contribution >= 4 is 0 Å². The predicted molar refractivity (Wildman–Crippen MR) is 179 cm³/mol.